The summed E-state index contributed by atoms with van der Waals surface area (Å²) in [5, 5.41) is 11.8. The van der Waals surface area contributed by atoms with E-state index in [1.165, 1.54) is 31.2 Å². The van der Waals surface area contributed by atoms with Gasteiger partial charge in [-0.25, -0.2) is 4.79 Å². The van der Waals surface area contributed by atoms with Crippen molar-refractivity contribution in [1.29, 1.82) is 0 Å². The zero-order valence-electron chi connectivity index (χ0n) is 9.77. The predicted octanol–water partition coefficient (Wildman–Crippen LogP) is 1.07. The molecule has 1 rings (SSSR count). The van der Waals surface area contributed by atoms with Crippen LogP contribution < -0.4 is 5.32 Å². The molecule has 92 valence electrons. The summed E-state index contributed by atoms with van der Waals surface area (Å²) in [4.78, 5) is 22.9. The van der Waals surface area contributed by atoms with Gasteiger partial charge in [-0.3, -0.25) is 4.79 Å². The smallest absolute Gasteiger partial charge is 0.339 e. The lowest BCUT2D eigenvalue weighted by atomic mass is 10.2. The lowest BCUT2D eigenvalue weighted by Gasteiger charge is -2.12. The van der Waals surface area contributed by atoms with Crippen molar-refractivity contribution in [1.82, 2.24) is 5.32 Å². The average molecular weight is 237 g/mol. The van der Waals surface area contributed by atoms with Gasteiger partial charge in [-0.2, -0.15) is 0 Å². The predicted molar refractivity (Wildman–Crippen MR) is 61.7 cm³/mol. The summed E-state index contributed by atoms with van der Waals surface area (Å²) < 4.78 is 4.94. The molecule has 1 aromatic rings. The summed E-state index contributed by atoms with van der Waals surface area (Å²) >= 11 is 0. The van der Waals surface area contributed by atoms with Crippen molar-refractivity contribution < 1.29 is 19.4 Å². The van der Waals surface area contributed by atoms with E-state index in [9.17, 15) is 14.7 Å². The molecule has 1 amide bonds. The molecule has 0 radical (unpaired) electrons. The number of phenols is 1. The fourth-order valence-electron chi connectivity index (χ4n) is 1.23. The summed E-state index contributed by atoms with van der Waals surface area (Å²) in [7, 11) is 0. The highest BCUT2D eigenvalue weighted by Crippen LogP contribution is 2.12. The molecule has 0 aliphatic carbocycles. The van der Waals surface area contributed by atoms with E-state index in [2.05, 4.69) is 5.32 Å². The first-order chi connectivity index (χ1) is 8.04. The van der Waals surface area contributed by atoms with E-state index >= 15 is 0 Å². The molecule has 0 saturated carbocycles. The number of carbonyl (C=O) groups is 2. The van der Waals surface area contributed by atoms with Crippen LogP contribution in [0, 0.1) is 0 Å². The molecular formula is C12H15NO4. The molecule has 0 fully saturated rings. The molecule has 0 bridgehead atoms. The number of esters is 1. The molecule has 0 aliphatic rings. The largest absolute Gasteiger partial charge is 0.508 e. The Kier molecular flexibility index (Phi) is 4.51. The molecular weight excluding hydrogens is 222 g/mol. The molecule has 5 heteroatoms. The third-order valence-corrected chi connectivity index (χ3v) is 2.09. The third kappa shape index (κ3) is 3.79. The van der Waals surface area contributed by atoms with Crippen LogP contribution in [0.1, 0.15) is 24.2 Å². The zero-order chi connectivity index (χ0) is 12.8. The molecule has 17 heavy (non-hydrogen) atoms. The fraction of sp³-hybridized carbons (Fsp3) is 0.333. The Balaban J connectivity index is 2.63. The normalized spacial score (nSPS) is 11.6. The number of nitrogens with one attached hydrogen (secondary N) is 1. The van der Waals surface area contributed by atoms with Crippen LogP contribution in [0.4, 0.5) is 0 Å². The number of ether oxygens (including phenoxy) is 1. The number of rotatable bonds is 4. The van der Waals surface area contributed by atoms with Gasteiger partial charge in [0, 0.05) is 6.54 Å². The first-order valence-corrected chi connectivity index (χ1v) is 5.32. The minimum Gasteiger partial charge on any atom is -0.508 e. The van der Waals surface area contributed by atoms with Crippen LogP contribution in [0.5, 0.6) is 5.75 Å². The van der Waals surface area contributed by atoms with E-state index in [0.717, 1.165) is 0 Å². The maximum Gasteiger partial charge on any atom is 0.339 e. The summed E-state index contributed by atoms with van der Waals surface area (Å²) in [5.74, 6) is -1.01. The van der Waals surface area contributed by atoms with Gasteiger partial charge in [0.05, 0.1) is 5.56 Å². The van der Waals surface area contributed by atoms with Gasteiger partial charge in [-0.15, -0.1) is 0 Å². The second-order valence-corrected chi connectivity index (χ2v) is 3.49. The van der Waals surface area contributed by atoms with Crippen molar-refractivity contribution in [3.63, 3.8) is 0 Å². The van der Waals surface area contributed by atoms with Gasteiger partial charge in [0.15, 0.2) is 6.10 Å². The van der Waals surface area contributed by atoms with Crippen LogP contribution in [0.25, 0.3) is 0 Å². The number of likely N-dealkylation sites (N-methyl/N-ethyl adjacent to an activating group) is 1. The highest BCUT2D eigenvalue weighted by atomic mass is 16.5. The zero-order valence-corrected chi connectivity index (χ0v) is 9.77. The number of benzene rings is 1. The Morgan fingerprint density at radius 2 is 2.18 bits per heavy atom. The third-order valence-electron chi connectivity index (χ3n) is 2.09. The van der Waals surface area contributed by atoms with E-state index in [1.54, 1.807) is 6.92 Å². The minimum absolute atomic E-state index is 0.0230. The number of carbonyl (C=O) groups excluding carboxylic acids is 2. The maximum atomic E-state index is 11.6. The molecule has 0 aromatic heterocycles. The van der Waals surface area contributed by atoms with Gasteiger partial charge in [0.2, 0.25) is 0 Å². The molecule has 0 saturated heterocycles. The van der Waals surface area contributed by atoms with E-state index < -0.39 is 12.1 Å². The molecule has 0 spiro atoms. The first-order valence-electron chi connectivity index (χ1n) is 5.32. The van der Waals surface area contributed by atoms with Gasteiger partial charge < -0.3 is 15.2 Å². The van der Waals surface area contributed by atoms with Crippen molar-refractivity contribution in [3.8, 4) is 5.75 Å². The number of amides is 1. The number of phenolic OH excluding ortho intramolecular Hbond substituents is 1. The lowest BCUT2D eigenvalue weighted by Crippen LogP contribution is -2.35. The topological polar surface area (TPSA) is 75.6 Å². The number of aromatic hydroxyl groups is 1. The van der Waals surface area contributed by atoms with Gasteiger partial charge in [0.25, 0.3) is 5.91 Å². The Labute approximate surface area is 99.4 Å². The van der Waals surface area contributed by atoms with Gasteiger partial charge in [0.1, 0.15) is 5.75 Å². The van der Waals surface area contributed by atoms with Gasteiger partial charge in [-0.1, -0.05) is 6.07 Å². The van der Waals surface area contributed by atoms with Crippen molar-refractivity contribution in [3.05, 3.63) is 29.8 Å². The second kappa shape index (κ2) is 5.89. The lowest BCUT2D eigenvalue weighted by molar-refractivity contribution is -0.128. The van der Waals surface area contributed by atoms with Crippen LogP contribution in [0.3, 0.4) is 0 Å². The SMILES string of the molecule is CCNC(=O)[C@H](C)OC(=O)c1cccc(O)c1. The van der Waals surface area contributed by atoms with Gasteiger partial charge in [-0.05, 0) is 32.0 Å². The van der Waals surface area contributed by atoms with E-state index in [0.29, 0.717) is 6.54 Å². The van der Waals surface area contributed by atoms with Crippen LogP contribution in [0.2, 0.25) is 0 Å². The first kappa shape index (κ1) is 13.0. The van der Waals surface area contributed by atoms with E-state index in [-0.39, 0.29) is 17.2 Å². The quantitative estimate of drug-likeness (QED) is 0.768. The van der Waals surface area contributed by atoms with Crippen LogP contribution in [-0.4, -0.2) is 29.6 Å². The maximum absolute atomic E-state index is 11.6. The van der Waals surface area contributed by atoms with Crippen LogP contribution >= 0.6 is 0 Å². The van der Waals surface area contributed by atoms with Crippen LogP contribution in [-0.2, 0) is 9.53 Å². The molecule has 0 heterocycles. The van der Waals surface area contributed by atoms with Crippen molar-refractivity contribution in [2.45, 2.75) is 20.0 Å². The van der Waals surface area contributed by atoms with Crippen molar-refractivity contribution >= 4 is 11.9 Å². The standard InChI is InChI=1S/C12H15NO4/c1-3-13-11(15)8(2)17-12(16)9-5-4-6-10(14)7-9/h4-8,14H,3H2,1-2H3,(H,13,15)/t8-/m0/s1. The Morgan fingerprint density at radius 3 is 2.76 bits per heavy atom. The Bertz CT molecular complexity index is 417. The Hall–Kier alpha value is -2.04. The summed E-state index contributed by atoms with van der Waals surface area (Å²) in [6, 6.07) is 5.77. The average Bonchev–Trinajstić information content (AvgIpc) is 2.29. The molecule has 1 aromatic carbocycles. The molecule has 5 nitrogen and oxygen atoms in total. The highest BCUT2D eigenvalue weighted by molar-refractivity contribution is 5.92. The van der Waals surface area contributed by atoms with Crippen molar-refractivity contribution in [2.24, 2.45) is 0 Å². The van der Waals surface area contributed by atoms with Crippen LogP contribution in [0.15, 0.2) is 24.3 Å². The highest BCUT2D eigenvalue weighted by Gasteiger charge is 2.18. The van der Waals surface area contributed by atoms with Crippen molar-refractivity contribution in [2.75, 3.05) is 6.54 Å². The second-order valence-electron chi connectivity index (χ2n) is 3.49. The minimum atomic E-state index is -0.857. The van der Waals surface area contributed by atoms with E-state index in [4.69, 9.17) is 4.74 Å². The monoisotopic (exact) mass is 237 g/mol. The van der Waals surface area contributed by atoms with Gasteiger partial charge >= 0.3 is 5.97 Å². The summed E-state index contributed by atoms with van der Waals surface area (Å²) in [6.07, 6.45) is -0.857. The Morgan fingerprint density at radius 1 is 1.47 bits per heavy atom. The fourth-order valence-corrected chi connectivity index (χ4v) is 1.23. The molecule has 1 atom stereocenters. The number of hydrogen-bond donors (Lipinski definition) is 2. The molecule has 0 aliphatic heterocycles. The summed E-state index contributed by atoms with van der Waals surface area (Å²) in [5.41, 5.74) is 0.209. The summed E-state index contributed by atoms with van der Waals surface area (Å²) in [6.45, 7) is 3.75. The van der Waals surface area contributed by atoms with E-state index in [1.807, 2.05) is 0 Å². The number of hydrogen-bond acceptors (Lipinski definition) is 4. The molecule has 0 unspecified atom stereocenters. The molecule has 2 N–H and O–H groups in total.